The molecule has 2 aromatic rings. The third-order valence-corrected chi connectivity index (χ3v) is 4.41. The van der Waals surface area contributed by atoms with E-state index >= 15 is 0 Å². The van der Waals surface area contributed by atoms with Crippen molar-refractivity contribution in [2.45, 2.75) is 19.0 Å². The second-order valence-electron chi connectivity index (χ2n) is 5.62. The number of nitrogens with one attached hydrogen (secondary N) is 1. The smallest absolute Gasteiger partial charge is 0.174 e. The maximum atomic E-state index is 5.49. The highest BCUT2D eigenvalue weighted by Crippen LogP contribution is 2.23. The van der Waals surface area contributed by atoms with Gasteiger partial charge in [-0.15, -0.1) is 0 Å². The largest absolute Gasteiger partial charge is 0.497 e. The third-order valence-electron chi connectivity index (χ3n) is 4.07. The van der Waals surface area contributed by atoms with Crippen molar-refractivity contribution in [1.82, 2.24) is 10.2 Å². The van der Waals surface area contributed by atoms with Gasteiger partial charge < -0.3 is 15.0 Å². The van der Waals surface area contributed by atoms with Gasteiger partial charge in [0.05, 0.1) is 19.7 Å². The monoisotopic (exact) mass is 324 g/mol. The first kappa shape index (κ1) is 15.6. The van der Waals surface area contributed by atoms with E-state index < -0.39 is 0 Å². The van der Waals surface area contributed by atoms with Gasteiger partial charge in [0, 0.05) is 5.70 Å². The molecule has 0 radical (unpaired) electrons. The van der Waals surface area contributed by atoms with Gasteiger partial charge in [0.25, 0.3) is 0 Å². The van der Waals surface area contributed by atoms with Crippen LogP contribution in [0.2, 0.25) is 0 Å². The van der Waals surface area contributed by atoms with Crippen molar-refractivity contribution in [3.8, 4) is 5.75 Å². The van der Waals surface area contributed by atoms with Gasteiger partial charge in [-0.1, -0.05) is 49.0 Å². The molecule has 1 aliphatic heterocycles. The zero-order valence-corrected chi connectivity index (χ0v) is 14.0. The van der Waals surface area contributed by atoms with Crippen molar-refractivity contribution in [1.29, 1.82) is 0 Å². The van der Waals surface area contributed by atoms with Crippen molar-refractivity contribution < 1.29 is 4.74 Å². The summed E-state index contributed by atoms with van der Waals surface area (Å²) < 4.78 is 5.20. The molecule has 0 bridgehead atoms. The first-order chi connectivity index (χ1) is 11.2. The maximum absolute atomic E-state index is 5.49. The van der Waals surface area contributed by atoms with E-state index in [4.69, 9.17) is 17.0 Å². The van der Waals surface area contributed by atoms with E-state index in [1.165, 1.54) is 11.1 Å². The molecular formula is C19H20N2OS. The molecule has 1 fully saturated rings. The summed E-state index contributed by atoms with van der Waals surface area (Å²) >= 11 is 5.49. The molecule has 0 saturated carbocycles. The third kappa shape index (κ3) is 3.54. The number of rotatable bonds is 5. The maximum Gasteiger partial charge on any atom is 0.174 e. The Morgan fingerprint density at radius 3 is 2.43 bits per heavy atom. The van der Waals surface area contributed by atoms with E-state index in [1.807, 2.05) is 18.2 Å². The number of hydrogen-bond donors (Lipinski definition) is 1. The molecule has 1 aliphatic rings. The topological polar surface area (TPSA) is 24.5 Å². The van der Waals surface area contributed by atoms with Crippen LogP contribution in [0.15, 0.2) is 66.9 Å². The minimum absolute atomic E-state index is 0.156. The summed E-state index contributed by atoms with van der Waals surface area (Å²) in [4.78, 5) is 2.07. The Kier molecular flexibility index (Phi) is 4.63. The summed E-state index contributed by atoms with van der Waals surface area (Å²) in [5.41, 5.74) is 3.48. The van der Waals surface area contributed by atoms with Crippen molar-refractivity contribution >= 4 is 17.3 Å². The number of benzene rings is 2. The Balaban J connectivity index is 1.68. The number of thiocarbonyl (C=S) groups is 1. The van der Waals surface area contributed by atoms with Gasteiger partial charge in [0.15, 0.2) is 5.11 Å². The normalized spacial score (nSPS) is 17.3. The second-order valence-corrected chi connectivity index (χ2v) is 6.00. The fourth-order valence-electron chi connectivity index (χ4n) is 2.73. The van der Waals surface area contributed by atoms with Crippen LogP contribution in [0.25, 0.3) is 0 Å². The van der Waals surface area contributed by atoms with Gasteiger partial charge in [-0.3, -0.25) is 0 Å². The molecule has 4 heteroatoms. The average Bonchev–Trinajstić information content (AvgIpc) is 2.84. The van der Waals surface area contributed by atoms with Gasteiger partial charge in [-0.2, -0.15) is 0 Å². The molecule has 1 saturated heterocycles. The Bertz CT molecular complexity index is 697. The Morgan fingerprint density at radius 1 is 1.09 bits per heavy atom. The standard InChI is InChI=1S/C19H20N2OS/c1-14-18(12-15-6-4-3-5-7-15)20-19(23)21(14)13-16-8-10-17(22-2)11-9-16/h3-11,18H,1,12-13H2,2H3,(H,20,23). The summed E-state index contributed by atoms with van der Waals surface area (Å²) in [6.45, 7) is 4.97. The Labute approximate surface area is 142 Å². The number of hydrogen-bond acceptors (Lipinski definition) is 2. The van der Waals surface area contributed by atoms with Crippen LogP contribution in [-0.2, 0) is 13.0 Å². The van der Waals surface area contributed by atoms with Crippen LogP contribution in [0.5, 0.6) is 5.75 Å². The molecule has 2 aromatic carbocycles. The predicted molar refractivity (Wildman–Crippen MR) is 97.3 cm³/mol. The number of nitrogens with zero attached hydrogens (tertiary/aromatic N) is 1. The molecule has 0 spiro atoms. The van der Waals surface area contributed by atoms with E-state index in [0.29, 0.717) is 0 Å². The lowest BCUT2D eigenvalue weighted by molar-refractivity contribution is 0.414. The van der Waals surface area contributed by atoms with Crippen LogP contribution in [0, 0.1) is 0 Å². The fourth-order valence-corrected chi connectivity index (χ4v) is 3.06. The van der Waals surface area contributed by atoms with Crippen LogP contribution in [-0.4, -0.2) is 23.2 Å². The van der Waals surface area contributed by atoms with Gasteiger partial charge in [0.1, 0.15) is 5.75 Å². The highest BCUT2D eigenvalue weighted by atomic mass is 32.1. The predicted octanol–water partition coefficient (Wildman–Crippen LogP) is 3.51. The quantitative estimate of drug-likeness (QED) is 0.851. The van der Waals surface area contributed by atoms with Crippen LogP contribution < -0.4 is 10.1 Å². The zero-order chi connectivity index (χ0) is 16.2. The van der Waals surface area contributed by atoms with E-state index in [-0.39, 0.29) is 6.04 Å². The summed E-state index contributed by atoms with van der Waals surface area (Å²) in [5.74, 6) is 0.858. The lowest BCUT2D eigenvalue weighted by atomic mass is 10.0. The average molecular weight is 324 g/mol. The second kappa shape index (κ2) is 6.84. The molecule has 1 unspecified atom stereocenters. The molecule has 1 heterocycles. The number of methoxy groups -OCH3 is 1. The highest BCUT2D eigenvalue weighted by Gasteiger charge is 2.29. The highest BCUT2D eigenvalue weighted by molar-refractivity contribution is 7.80. The molecular weight excluding hydrogens is 304 g/mol. The van der Waals surface area contributed by atoms with E-state index in [0.717, 1.165) is 29.5 Å². The molecule has 0 aliphatic carbocycles. The van der Waals surface area contributed by atoms with E-state index in [9.17, 15) is 0 Å². The summed E-state index contributed by atoms with van der Waals surface area (Å²) in [6, 6.07) is 18.6. The molecule has 3 nitrogen and oxygen atoms in total. The molecule has 23 heavy (non-hydrogen) atoms. The SMILES string of the molecule is C=C1C(Cc2ccccc2)NC(=S)N1Cc1ccc(OC)cc1. The molecule has 3 rings (SSSR count). The first-order valence-corrected chi connectivity index (χ1v) is 8.02. The molecule has 0 amide bonds. The minimum atomic E-state index is 0.156. The van der Waals surface area contributed by atoms with Gasteiger partial charge in [-0.25, -0.2) is 0 Å². The van der Waals surface area contributed by atoms with Crippen molar-refractivity contribution in [3.05, 3.63) is 78.0 Å². The van der Waals surface area contributed by atoms with Crippen molar-refractivity contribution in [2.24, 2.45) is 0 Å². The van der Waals surface area contributed by atoms with E-state index in [1.54, 1.807) is 7.11 Å². The minimum Gasteiger partial charge on any atom is -0.497 e. The van der Waals surface area contributed by atoms with Crippen LogP contribution in [0.4, 0.5) is 0 Å². The first-order valence-electron chi connectivity index (χ1n) is 7.61. The fraction of sp³-hybridized carbons (Fsp3) is 0.211. The zero-order valence-electron chi connectivity index (χ0n) is 13.2. The number of ether oxygens (including phenoxy) is 1. The summed E-state index contributed by atoms with van der Waals surface area (Å²) in [7, 11) is 1.67. The lowest BCUT2D eigenvalue weighted by Gasteiger charge is -2.19. The summed E-state index contributed by atoms with van der Waals surface area (Å²) in [6.07, 6.45) is 0.888. The van der Waals surface area contributed by atoms with Crippen molar-refractivity contribution in [3.63, 3.8) is 0 Å². The summed E-state index contributed by atoms with van der Waals surface area (Å²) in [5, 5.41) is 4.12. The van der Waals surface area contributed by atoms with E-state index in [2.05, 4.69) is 53.2 Å². The van der Waals surface area contributed by atoms with Crippen LogP contribution in [0.1, 0.15) is 11.1 Å². The molecule has 1 atom stereocenters. The van der Waals surface area contributed by atoms with Crippen LogP contribution >= 0.6 is 12.2 Å². The van der Waals surface area contributed by atoms with Gasteiger partial charge in [-0.05, 0) is 41.9 Å². The van der Waals surface area contributed by atoms with Gasteiger partial charge in [0.2, 0.25) is 0 Å². The van der Waals surface area contributed by atoms with Gasteiger partial charge >= 0.3 is 0 Å². The molecule has 0 aromatic heterocycles. The molecule has 1 N–H and O–H groups in total. The molecule has 118 valence electrons. The van der Waals surface area contributed by atoms with Crippen LogP contribution in [0.3, 0.4) is 0 Å². The Hall–Kier alpha value is -2.33. The Morgan fingerprint density at radius 2 is 1.78 bits per heavy atom. The van der Waals surface area contributed by atoms with Crippen molar-refractivity contribution in [2.75, 3.05) is 7.11 Å². The lowest BCUT2D eigenvalue weighted by Crippen LogP contribution is -2.29.